The molecule has 0 aliphatic rings. The van der Waals surface area contributed by atoms with Crippen molar-refractivity contribution >= 4 is 28.9 Å². The number of hydrogen-bond donors (Lipinski definition) is 1. The van der Waals surface area contributed by atoms with Gasteiger partial charge in [-0.3, -0.25) is 0 Å². The zero-order chi connectivity index (χ0) is 20.1. The summed E-state index contributed by atoms with van der Waals surface area (Å²) in [5.41, 5.74) is -0.172. The van der Waals surface area contributed by atoms with Gasteiger partial charge in [0.05, 0.1) is 12.5 Å². The summed E-state index contributed by atoms with van der Waals surface area (Å²) < 4.78 is 66.8. The van der Waals surface area contributed by atoms with Gasteiger partial charge in [-0.25, -0.2) is 21.6 Å². The first kappa shape index (κ1) is 24.9. The molecule has 0 rings (SSSR count). The lowest BCUT2D eigenvalue weighted by atomic mass is 10.0. The van der Waals surface area contributed by atoms with E-state index >= 15 is 0 Å². The molecular weight excluding hydrogens is 388 g/mol. The minimum atomic E-state index is -3.53. The minimum Gasteiger partial charge on any atom is -0.377 e. The van der Waals surface area contributed by atoms with Gasteiger partial charge < -0.3 is 13.3 Å². The van der Waals surface area contributed by atoms with Crippen LogP contribution in [0.2, 0.25) is 5.54 Å². The van der Waals surface area contributed by atoms with Crippen LogP contribution in [0.1, 0.15) is 20.8 Å². The SMILES string of the molecule is CO[Si](OC)(OC)C(C)C(C)C(C)N(CCNS(C)(=O)=O)S(C)(=O)=O. The Bertz CT molecular complexity index is 600. The van der Waals surface area contributed by atoms with Gasteiger partial charge in [0.2, 0.25) is 20.0 Å². The van der Waals surface area contributed by atoms with E-state index in [-0.39, 0.29) is 24.5 Å². The molecule has 0 aliphatic carbocycles. The first-order valence-electron chi connectivity index (χ1n) is 7.82. The van der Waals surface area contributed by atoms with Crippen LogP contribution in [-0.2, 0) is 33.3 Å². The quantitative estimate of drug-likeness (QED) is 0.445. The van der Waals surface area contributed by atoms with E-state index in [2.05, 4.69) is 4.72 Å². The van der Waals surface area contributed by atoms with Crippen LogP contribution in [0.15, 0.2) is 0 Å². The van der Waals surface area contributed by atoms with E-state index in [4.69, 9.17) is 13.3 Å². The van der Waals surface area contributed by atoms with Gasteiger partial charge in [0.1, 0.15) is 0 Å². The molecule has 152 valence electrons. The second kappa shape index (κ2) is 9.74. The van der Waals surface area contributed by atoms with Gasteiger partial charge in [-0.1, -0.05) is 13.8 Å². The molecule has 0 aliphatic heterocycles. The van der Waals surface area contributed by atoms with Gasteiger partial charge in [-0.2, -0.15) is 4.31 Å². The van der Waals surface area contributed by atoms with Crippen LogP contribution < -0.4 is 4.72 Å². The Kier molecular flexibility index (Phi) is 9.70. The second-order valence-electron chi connectivity index (χ2n) is 6.14. The fraction of sp³-hybridized carbons (Fsp3) is 1.00. The molecule has 0 bridgehead atoms. The Labute approximate surface area is 153 Å². The molecule has 0 fully saturated rings. The van der Waals surface area contributed by atoms with Crippen LogP contribution in [0.3, 0.4) is 0 Å². The maximum absolute atomic E-state index is 12.2. The lowest BCUT2D eigenvalue weighted by Crippen LogP contribution is -2.53. The molecule has 12 heteroatoms. The monoisotopic (exact) mass is 420 g/mol. The molecule has 25 heavy (non-hydrogen) atoms. The molecular formula is C13H32N2O7S2Si. The molecule has 3 unspecified atom stereocenters. The Morgan fingerprint density at radius 3 is 1.72 bits per heavy atom. The highest BCUT2D eigenvalue weighted by Gasteiger charge is 2.49. The fourth-order valence-corrected chi connectivity index (χ4v) is 7.04. The highest BCUT2D eigenvalue weighted by atomic mass is 32.2. The van der Waals surface area contributed by atoms with Crippen LogP contribution in [0.4, 0.5) is 0 Å². The maximum atomic E-state index is 12.2. The lowest BCUT2D eigenvalue weighted by Gasteiger charge is -2.39. The van der Waals surface area contributed by atoms with Gasteiger partial charge >= 0.3 is 8.80 Å². The minimum absolute atomic E-state index is 0.00124. The number of sulfonamides is 2. The second-order valence-corrected chi connectivity index (χ2v) is 13.3. The molecule has 1 N–H and O–H groups in total. The average Bonchev–Trinajstić information content (AvgIpc) is 2.50. The van der Waals surface area contributed by atoms with Gasteiger partial charge in [0.15, 0.2) is 0 Å². The van der Waals surface area contributed by atoms with Crippen molar-refractivity contribution in [2.24, 2.45) is 5.92 Å². The van der Waals surface area contributed by atoms with Gasteiger partial charge in [0, 0.05) is 46.0 Å². The zero-order valence-corrected chi connectivity index (χ0v) is 18.9. The van der Waals surface area contributed by atoms with Gasteiger partial charge in [-0.15, -0.1) is 0 Å². The largest absolute Gasteiger partial charge is 0.503 e. The van der Waals surface area contributed by atoms with Crippen molar-refractivity contribution in [2.45, 2.75) is 32.4 Å². The van der Waals surface area contributed by atoms with Crippen molar-refractivity contribution in [1.29, 1.82) is 0 Å². The standard InChI is InChI=1S/C13H32N2O7S2Si/c1-11(13(3)25(20-4,21-5)22-6)12(2)15(24(8,18)19)10-9-14-23(7,16)17/h11-14H,9-10H2,1-8H3. The van der Waals surface area contributed by atoms with E-state index in [0.717, 1.165) is 12.5 Å². The topological polar surface area (TPSA) is 111 Å². The van der Waals surface area contributed by atoms with Crippen LogP contribution >= 0.6 is 0 Å². The molecule has 0 aromatic heterocycles. The summed E-state index contributed by atoms with van der Waals surface area (Å²) in [6, 6.07) is -0.404. The summed E-state index contributed by atoms with van der Waals surface area (Å²) in [7, 11) is -5.33. The zero-order valence-electron chi connectivity index (χ0n) is 16.3. The molecule has 3 atom stereocenters. The van der Waals surface area contributed by atoms with Crippen molar-refractivity contribution in [2.75, 3.05) is 46.9 Å². The summed E-state index contributed by atoms with van der Waals surface area (Å²) in [6.07, 6.45) is 2.14. The van der Waals surface area contributed by atoms with Crippen molar-refractivity contribution in [3.63, 3.8) is 0 Å². The number of nitrogens with one attached hydrogen (secondary N) is 1. The van der Waals surface area contributed by atoms with Gasteiger partial charge in [0.25, 0.3) is 0 Å². The molecule has 0 heterocycles. The number of nitrogens with zero attached hydrogens (tertiary/aromatic N) is 1. The predicted octanol–water partition coefficient (Wildman–Crippen LogP) is 0.0900. The first-order chi connectivity index (χ1) is 11.3. The van der Waals surface area contributed by atoms with Crippen LogP contribution in [0.5, 0.6) is 0 Å². The third-order valence-electron chi connectivity index (χ3n) is 4.54. The summed E-state index contributed by atoms with van der Waals surface area (Å²) in [5.74, 6) is -0.153. The van der Waals surface area contributed by atoms with Gasteiger partial charge in [-0.05, 0) is 12.8 Å². The van der Waals surface area contributed by atoms with E-state index in [9.17, 15) is 16.8 Å². The Morgan fingerprint density at radius 1 is 0.960 bits per heavy atom. The van der Waals surface area contributed by atoms with E-state index in [1.165, 1.54) is 25.6 Å². The third kappa shape index (κ3) is 7.21. The summed E-state index contributed by atoms with van der Waals surface area (Å²) in [4.78, 5) is 0. The van der Waals surface area contributed by atoms with E-state index < -0.39 is 34.9 Å². The van der Waals surface area contributed by atoms with E-state index in [0.29, 0.717) is 0 Å². The molecule has 0 radical (unpaired) electrons. The third-order valence-corrected chi connectivity index (χ3v) is 9.98. The number of hydrogen-bond acceptors (Lipinski definition) is 7. The van der Waals surface area contributed by atoms with Crippen molar-refractivity contribution in [3.8, 4) is 0 Å². The maximum Gasteiger partial charge on any atom is 0.503 e. The Hall–Kier alpha value is -0.0831. The molecule has 0 saturated heterocycles. The first-order valence-corrected chi connectivity index (χ1v) is 13.4. The molecule has 0 aromatic carbocycles. The summed E-state index contributed by atoms with van der Waals surface area (Å²) >= 11 is 0. The summed E-state index contributed by atoms with van der Waals surface area (Å²) in [5, 5.41) is 0. The van der Waals surface area contributed by atoms with Crippen LogP contribution in [-0.4, -0.2) is 82.9 Å². The molecule has 0 amide bonds. The van der Waals surface area contributed by atoms with E-state index in [1.807, 2.05) is 13.8 Å². The van der Waals surface area contributed by atoms with E-state index in [1.54, 1.807) is 6.92 Å². The van der Waals surface area contributed by atoms with Crippen LogP contribution in [0, 0.1) is 5.92 Å². The lowest BCUT2D eigenvalue weighted by molar-refractivity contribution is 0.0973. The highest BCUT2D eigenvalue weighted by Crippen LogP contribution is 2.35. The molecule has 9 nitrogen and oxygen atoms in total. The average molecular weight is 421 g/mol. The summed E-state index contributed by atoms with van der Waals surface area (Å²) in [6.45, 7) is 5.61. The fourth-order valence-electron chi connectivity index (χ4n) is 2.82. The molecule has 0 saturated carbocycles. The number of rotatable bonds is 12. The molecule has 0 spiro atoms. The Balaban J connectivity index is 5.39. The van der Waals surface area contributed by atoms with Crippen molar-refractivity contribution in [1.82, 2.24) is 9.03 Å². The Morgan fingerprint density at radius 2 is 1.40 bits per heavy atom. The predicted molar refractivity (Wildman–Crippen MR) is 99.2 cm³/mol. The van der Waals surface area contributed by atoms with Crippen molar-refractivity contribution in [3.05, 3.63) is 0 Å². The smallest absolute Gasteiger partial charge is 0.377 e. The highest BCUT2D eigenvalue weighted by molar-refractivity contribution is 7.88. The van der Waals surface area contributed by atoms with Crippen LogP contribution in [0.25, 0.3) is 0 Å². The normalized spacial score (nSPS) is 17.5. The van der Waals surface area contributed by atoms with Crippen molar-refractivity contribution < 1.29 is 30.1 Å². The molecule has 0 aromatic rings.